The first kappa shape index (κ1) is 31.8. The third-order valence-corrected chi connectivity index (χ3v) is 7.77. The highest BCUT2D eigenvalue weighted by molar-refractivity contribution is 9.10. The van der Waals surface area contributed by atoms with Crippen LogP contribution >= 0.6 is 15.9 Å². The number of carbonyl (C=O) groups is 2. The standard InChI is InChI=1S/C36H39BrN2O4/c1-3-5-22-39(23-6-4-2)33-21-20-28(37)25-31(33)35(40)38-32(36(41)42)24-26-16-18-27(19-17-26)30-14-10-11-15-34(30)43-29-12-8-7-9-13-29/h7-21,25,32H,3-6,22-24H2,1-2H3,(H,38,40)(H,41,42)/t32-/m0/s1. The lowest BCUT2D eigenvalue weighted by Gasteiger charge is -2.27. The summed E-state index contributed by atoms with van der Waals surface area (Å²) in [5, 5.41) is 12.8. The van der Waals surface area contributed by atoms with E-state index in [9.17, 15) is 14.7 Å². The van der Waals surface area contributed by atoms with Crippen molar-refractivity contribution in [2.24, 2.45) is 0 Å². The molecule has 4 aromatic carbocycles. The van der Waals surface area contributed by atoms with E-state index in [-0.39, 0.29) is 6.42 Å². The average molecular weight is 644 g/mol. The van der Waals surface area contributed by atoms with Gasteiger partial charge in [-0.3, -0.25) is 4.79 Å². The Kier molecular flexibility index (Phi) is 11.8. The number of carbonyl (C=O) groups excluding carboxylic acids is 1. The molecule has 0 aliphatic heterocycles. The molecule has 7 heteroatoms. The topological polar surface area (TPSA) is 78.9 Å². The summed E-state index contributed by atoms with van der Waals surface area (Å²) in [7, 11) is 0. The van der Waals surface area contributed by atoms with Gasteiger partial charge < -0.3 is 20.1 Å². The maximum Gasteiger partial charge on any atom is 0.326 e. The van der Waals surface area contributed by atoms with Crippen molar-refractivity contribution in [2.45, 2.75) is 52.0 Å². The molecule has 0 radical (unpaired) electrons. The van der Waals surface area contributed by atoms with E-state index in [1.807, 2.05) is 91.0 Å². The number of unbranched alkanes of at least 4 members (excludes halogenated alkanes) is 2. The lowest BCUT2D eigenvalue weighted by molar-refractivity contribution is -0.139. The zero-order valence-electron chi connectivity index (χ0n) is 24.8. The first-order chi connectivity index (χ1) is 20.9. The van der Waals surface area contributed by atoms with Crippen molar-refractivity contribution in [2.75, 3.05) is 18.0 Å². The Balaban J connectivity index is 1.51. The van der Waals surface area contributed by atoms with Crippen LogP contribution in [-0.2, 0) is 11.2 Å². The minimum absolute atomic E-state index is 0.155. The molecular formula is C36H39BrN2O4. The second kappa shape index (κ2) is 15.9. The number of nitrogens with zero attached hydrogens (tertiary/aromatic N) is 1. The second-order valence-electron chi connectivity index (χ2n) is 10.5. The summed E-state index contributed by atoms with van der Waals surface area (Å²) in [5.74, 6) is 0.00244. The molecule has 4 aromatic rings. The number of halogens is 1. The van der Waals surface area contributed by atoms with Gasteiger partial charge in [0.25, 0.3) is 5.91 Å². The minimum Gasteiger partial charge on any atom is -0.480 e. The summed E-state index contributed by atoms with van der Waals surface area (Å²) in [5.41, 5.74) is 3.98. The van der Waals surface area contributed by atoms with Gasteiger partial charge in [0.15, 0.2) is 0 Å². The Labute approximate surface area is 262 Å². The molecule has 0 fully saturated rings. The average Bonchev–Trinajstić information content (AvgIpc) is 3.02. The number of carboxylic acids is 1. The van der Waals surface area contributed by atoms with Crippen LogP contribution in [0.25, 0.3) is 11.1 Å². The number of carboxylic acid groups (broad SMARTS) is 1. The molecule has 0 spiro atoms. The van der Waals surface area contributed by atoms with Gasteiger partial charge in [0.1, 0.15) is 17.5 Å². The van der Waals surface area contributed by atoms with E-state index in [2.05, 4.69) is 40.0 Å². The van der Waals surface area contributed by atoms with Gasteiger partial charge in [-0.05, 0) is 60.4 Å². The number of hydrogen-bond donors (Lipinski definition) is 2. The zero-order chi connectivity index (χ0) is 30.6. The van der Waals surface area contributed by atoms with Crippen molar-refractivity contribution in [1.29, 1.82) is 0 Å². The Hall–Kier alpha value is -4.10. The van der Waals surface area contributed by atoms with Gasteiger partial charge in [-0.1, -0.05) is 103 Å². The smallest absolute Gasteiger partial charge is 0.326 e. The van der Waals surface area contributed by atoms with Crippen LogP contribution in [0.1, 0.15) is 55.5 Å². The molecule has 6 nitrogen and oxygen atoms in total. The van der Waals surface area contributed by atoms with E-state index in [4.69, 9.17) is 4.74 Å². The van der Waals surface area contributed by atoms with E-state index in [0.717, 1.165) is 77.1 Å². The van der Waals surface area contributed by atoms with E-state index in [1.165, 1.54) is 0 Å². The van der Waals surface area contributed by atoms with E-state index < -0.39 is 17.9 Å². The van der Waals surface area contributed by atoms with E-state index in [1.54, 1.807) is 6.07 Å². The minimum atomic E-state index is -1.08. The normalized spacial score (nSPS) is 11.5. The van der Waals surface area contributed by atoms with Gasteiger partial charge >= 0.3 is 5.97 Å². The largest absolute Gasteiger partial charge is 0.480 e. The van der Waals surface area contributed by atoms with Crippen molar-refractivity contribution >= 4 is 33.5 Å². The first-order valence-electron chi connectivity index (χ1n) is 14.9. The number of para-hydroxylation sites is 2. The highest BCUT2D eigenvalue weighted by atomic mass is 79.9. The third kappa shape index (κ3) is 8.94. The second-order valence-corrected chi connectivity index (χ2v) is 11.4. The lowest BCUT2D eigenvalue weighted by Crippen LogP contribution is -2.43. The highest BCUT2D eigenvalue weighted by Gasteiger charge is 2.24. The summed E-state index contributed by atoms with van der Waals surface area (Å²) in [6.45, 7) is 5.97. The van der Waals surface area contributed by atoms with Crippen LogP contribution in [0.3, 0.4) is 0 Å². The van der Waals surface area contributed by atoms with Crippen LogP contribution < -0.4 is 15.0 Å². The molecule has 0 unspecified atom stereocenters. The maximum absolute atomic E-state index is 13.6. The van der Waals surface area contributed by atoms with Crippen LogP contribution in [0, 0.1) is 0 Å². The number of rotatable bonds is 15. The fraction of sp³-hybridized carbons (Fsp3) is 0.278. The number of aliphatic carboxylic acids is 1. The molecule has 1 amide bonds. The number of amides is 1. The predicted octanol–water partition coefficient (Wildman–Crippen LogP) is 8.74. The third-order valence-electron chi connectivity index (χ3n) is 7.27. The molecule has 0 saturated carbocycles. The summed E-state index contributed by atoms with van der Waals surface area (Å²) >= 11 is 3.49. The van der Waals surface area contributed by atoms with Crippen molar-refractivity contribution in [3.63, 3.8) is 0 Å². The highest BCUT2D eigenvalue weighted by Crippen LogP contribution is 2.33. The van der Waals surface area contributed by atoms with Crippen molar-refractivity contribution in [1.82, 2.24) is 5.32 Å². The Morgan fingerprint density at radius 1 is 0.860 bits per heavy atom. The lowest BCUT2D eigenvalue weighted by atomic mass is 9.99. The van der Waals surface area contributed by atoms with Gasteiger partial charge in [0, 0.05) is 35.2 Å². The molecule has 0 bridgehead atoms. The molecule has 43 heavy (non-hydrogen) atoms. The Morgan fingerprint density at radius 3 is 2.16 bits per heavy atom. The van der Waals surface area contributed by atoms with Crippen LogP contribution in [-0.4, -0.2) is 36.1 Å². The van der Waals surface area contributed by atoms with Crippen LogP contribution in [0.4, 0.5) is 5.69 Å². The molecular weight excluding hydrogens is 604 g/mol. The van der Waals surface area contributed by atoms with E-state index >= 15 is 0 Å². The Bertz CT molecular complexity index is 1480. The monoisotopic (exact) mass is 642 g/mol. The molecule has 0 aromatic heterocycles. The molecule has 2 N–H and O–H groups in total. The molecule has 4 rings (SSSR count). The number of anilines is 1. The zero-order valence-corrected chi connectivity index (χ0v) is 26.3. The predicted molar refractivity (Wildman–Crippen MR) is 177 cm³/mol. The first-order valence-corrected chi connectivity index (χ1v) is 15.7. The van der Waals surface area contributed by atoms with Gasteiger partial charge in [-0.25, -0.2) is 4.79 Å². The van der Waals surface area contributed by atoms with Gasteiger partial charge in [-0.15, -0.1) is 0 Å². The number of ether oxygens (including phenoxy) is 1. The van der Waals surface area contributed by atoms with Crippen LogP contribution in [0.15, 0.2) is 102 Å². The maximum atomic E-state index is 13.6. The SMILES string of the molecule is CCCCN(CCCC)c1ccc(Br)cc1C(=O)N[C@@H](Cc1ccc(-c2ccccc2Oc2ccccc2)cc1)C(=O)O. The van der Waals surface area contributed by atoms with Crippen LogP contribution in [0.2, 0.25) is 0 Å². The molecule has 0 saturated heterocycles. The summed E-state index contributed by atoms with van der Waals surface area (Å²) in [4.78, 5) is 28.1. The number of nitrogens with one attached hydrogen (secondary N) is 1. The van der Waals surface area contributed by atoms with Crippen molar-refractivity contribution < 1.29 is 19.4 Å². The fourth-order valence-electron chi connectivity index (χ4n) is 4.92. The van der Waals surface area contributed by atoms with Gasteiger partial charge in [0.2, 0.25) is 0 Å². The van der Waals surface area contributed by atoms with Crippen LogP contribution in [0.5, 0.6) is 11.5 Å². The molecule has 0 aliphatic carbocycles. The number of benzene rings is 4. The molecule has 0 heterocycles. The van der Waals surface area contributed by atoms with Crippen molar-refractivity contribution in [3.8, 4) is 22.6 Å². The summed E-state index contributed by atoms with van der Waals surface area (Å²) < 4.78 is 6.89. The Morgan fingerprint density at radius 2 is 1.51 bits per heavy atom. The van der Waals surface area contributed by atoms with E-state index in [0.29, 0.717) is 5.56 Å². The molecule has 224 valence electrons. The van der Waals surface area contributed by atoms with Gasteiger partial charge in [-0.2, -0.15) is 0 Å². The molecule has 1 atom stereocenters. The summed E-state index contributed by atoms with van der Waals surface area (Å²) in [6.07, 6.45) is 4.27. The number of hydrogen-bond acceptors (Lipinski definition) is 4. The quantitative estimate of drug-likeness (QED) is 0.136. The summed E-state index contributed by atoms with van der Waals surface area (Å²) in [6, 6.07) is 29.7. The van der Waals surface area contributed by atoms with Gasteiger partial charge in [0.05, 0.1) is 5.56 Å². The fourth-order valence-corrected chi connectivity index (χ4v) is 5.28. The van der Waals surface area contributed by atoms with Crippen molar-refractivity contribution in [3.05, 3.63) is 113 Å². The molecule has 0 aliphatic rings.